The number of nitrogens with two attached hydrogens (primary N) is 1. The number of rotatable bonds is 4. The van der Waals surface area contributed by atoms with Gasteiger partial charge in [0.15, 0.2) is 0 Å². The summed E-state index contributed by atoms with van der Waals surface area (Å²) in [5.74, 6) is -0.198. The van der Waals surface area contributed by atoms with Crippen LogP contribution in [0.3, 0.4) is 0 Å². The number of hydrogen-bond acceptors (Lipinski definition) is 4. The van der Waals surface area contributed by atoms with Crippen molar-refractivity contribution >= 4 is 11.7 Å². The third-order valence-electron chi connectivity index (χ3n) is 1.77. The maximum atomic E-state index is 11.9. The Hall–Kier alpha value is -1.78. The molecule has 0 amide bonds. The molecule has 0 bridgehead atoms. The molecule has 1 rings (SSSR count). The molecule has 0 aromatic heterocycles. The van der Waals surface area contributed by atoms with E-state index in [1.54, 1.807) is 0 Å². The van der Waals surface area contributed by atoms with Crippen LogP contribution in [0.25, 0.3) is 0 Å². The van der Waals surface area contributed by atoms with Crippen molar-refractivity contribution in [3.05, 3.63) is 23.8 Å². The van der Waals surface area contributed by atoms with E-state index in [0.29, 0.717) is 11.3 Å². The minimum Gasteiger partial charge on any atom is -0.489 e. The quantitative estimate of drug-likeness (QED) is 0.606. The number of nitrogen functional groups attached to an aromatic ring is 1. The zero-order valence-corrected chi connectivity index (χ0v) is 8.33. The van der Waals surface area contributed by atoms with Gasteiger partial charge in [0.05, 0.1) is 18.4 Å². The Morgan fingerprint density at radius 1 is 1.53 bits per heavy atom. The van der Waals surface area contributed by atoms with Crippen LogP contribution in [0.15, 0.2) is 18.2 Å². The zero-order chi connectivity index (χ0) is 11.3. The fraction of sp³-hybridized carbons (Fsp3) is 0.300. The molecule has 15 heavy (non-hydrogen) atoms. The molecule has 0 saturated carbocycles. The molecule has 0 heterocycles. The molecule has 2 N–H and O–H groups in total. The third kappa shape index (κ3) is 2.83. The summed E-state index contributed by atoms with van der Waals surface area (Å²) >= 11 is 0. The number of ether oxygens (including phenoxy) is 2. The molecule has 0 saturated heterocycles. The van der Waals surface area contributed by atoms with Crippen LogP contribution >= 0.6 is 0 Å². The summed E-state index contributed by atoms with van der Waals surface area (Å²) in [7, 11) is 1.28. The number of methoxy groups -OCH3 is 1. The number of carbonyl (C=O) groups is 1. The number of esters is 1. The minimum atomic E-state index is -0.609. The lowest BCUT2D eigenvalue weighted by molar-refractivity contribution is 0.0600. The molecule has 0 fully saturated rings. The highest BCUT2D eigenvalue weighted by Crippen LogP contribution is 2.23. The molecule has 0 aliphatic heterocycles. The van der Waals surface area contributed by atoms with Crippen LogP contribution in [-0.4, -0.2) is 26.4 Å². The van der Waals surface area contributed by atoms with E-state index in [-0.39, 0.29) is 12.4 Å². The molecular formula is C10H12FNO3. The van der Waals surface area contributed by atoms with Crippen molar-refractivity contribution in [3.8, 4) is 5.75 Å². The van der Waals surface area contributed by atoms with Crippen LogP contribution in [0, 0.1) is 0 Å². The van der Waals surface area contributed by atoms with Crippen molar-refractivity contribution in [2.75, 3.05) is 26.1 Å². The largest absolute Gasteiger partial charge is 0.489 e. The first-order valence-electron chi connectivity index (χ1n) is 4.35. The first-order chi connectivity index (χ1) is 7.19. The van der Waals surface area contributed by atoms with Crippen molar-refractivity contribution in [3.63, 3.8) is 0 Å². The molecule has 1 aromatic carbocycles. The predicted molar refractivity (Wildman–Crippen MR) is 53.7 cm³/mol. The summed E-state index contributed by atoms with van der Waals surface area (Å²) in [6, 6.07) is 4.46. The Kier molecular flexibility index (Phi) is 3.91. The summed E-state index contributed by atoms with van der Waals surface area (Å²) in [5.41, 5.74) is 6.25. The van der Waals surface area contributed by atoms with Crippen LogP contribution in [0.2, 0.25) is 0 Å². The highest BCUT2D eigenvalue weighted by Gasteiger charge is 2.08. The molecule has 0 radical (unpaired) electrons. The molecule has 0 atom stereocenters. The lowest BCUT2D eigenvalue weighted by atomic mass is 10.2. The van der Waals surface area contributed by atoms with Gasteiger partial charge in [-0.1, -0.05) is 0 Å². The van der Waals surface area contributed by atoms with E-state index in [1.165, 1.54) is 25.3 Å². The fourth-order valence-corrected chi connectivity index (χ4v) is 1.05. The van der Waals surface area contributed by atoms with Gasteiger partial charge in [0.2, 0.25) is 0 Å². The average molecular weight is 213 g/mol. The van der Waals surface area contributed by atoms with Gasteiger partial charge in [0.25, 0.3) is 0 Å². The highest BCUT2D eigenvalue weighted by atomic mass is 19.1. The Bertz CT molecular complexity index is 355. The molecule has 0 unspecified atom stereocenters. The van der Waals surface area contributed by atoms with Gasteiger partial charge in [0.1, 0.15) is 19.0 Å². The van der Waals surface area contributed by atoms with Gasteiger partial charge in [-0.3, -0.25) is 0 Å². The number of alkyl halides is 1. The number of halogens is 1. The average Bonchev–Trinajstić information content (AvgIpc) is 2.27. The molecule has 0 aliphatic carbocycles. The normalized spacial score (nSPS) is 9.73. The highest BCUT2D eigenvalue weighted by molar-refractivity contribution is 5.90. The summed E-state index contributed by atoms with van der Waals surface area (Å²) in [6.45, 7) is -0.698. The second kappa shape index (κ2) is 5.19. The Balaban J connectivity index is 2.89. The fourth-order valence-electron chi connectivity index (χ4n) is 1.05. The molecular weight excluding hydrogens is 201 g/mol. The van der Waals surface area contributed by atoms with Crippen LogP contribution in [0.5, 0.6) is 5.75 Å². The first kappa shape index (κ1) is 11.3. The van der Waals surface area contributed by atoms with Crippen molar-refractivity contribution in [1.82, 2.24) is 0 Å². The van der Waals surface area contributed by atoms with E-state index in [1.807, 2.05) is 0 Å². The van der Waals surface area contributed by atoms with Gasteiger partial charge in [-0.2, -0.15) is 0 Å². The first-order valence-corrected chi connectivity index (χ1v) is 4.35. The van der Waals surface area contributed by atoms with Crippen LogP contribution in [0.4, 0.5) is 10.1 Å². The summed E-state index contributed by atoms with van der Waals surface area (Å²) < 4.78 is 21.4. The predicted octanol–water partition coefficient (Wildman–Crippen LogP) is 1.40. The van der Waals surface area contributed by atoms with Gasteiger partial charge in [0, 0.05) is 0 Å². The van der Waals surface area contributed by atoms with Gasteiger partial charge in [-0.15, -0.1) is 0 Å². The molecule has 1 aromatic rings. The van der Waals surface area contributed by atoms with E-state index < -0.39 is 12.6 Å². The van der Waals surface area contributed by atoms with E-state index in [0.717, 1.165) is 0 Å². The molecule has 0 spiro atoms. The maximum Gasteiger partial charge on any atom is 0.337 e. The zero-order valence-electron chi connectivity index (χ0n) is 8.33. The standard InChI is InChI=1S/C10H12FNO3/c1-14-10(13)7-2-3-8(12)9(6-7)15-5-4-11/h2-3,6H,4-5,12H2,1H3. The minimum absolute atomic E-state index is 0.0885. The molecule has 4 nitrogen and oxygen atoms in total. The van der Waals surface area contributed by atoms with Crippen molar-refractivity contribution in [1.29, 1.82) is 0 Å². The molecule has 0 aliphatic rings. The number of benzene rings is 1. The van der Waals surface area contributed by atoms with Crippen LogP contribution in [0.1, 0.15) is 10.4 Å². The van der Waals surface area contributed by atoms with Gasteiger partial charge in [-0.05, 0) is 18.2 Å². The van der Waals surface area contributed by atoms with Crippen LogP contribution in [-0.2, 0) is 4.74 Å². The van der Waals surface area contributed by atoms with E-state index in [2.05, 4.69) is 4.74 Å². The van der Waals surface area contributed by atoms with E-state index in [9.17, 15) is 9.18 Å². The second-order valence-corrected chi connectivity index (χ2v) is 2.78. The van der Waals surface area contributed by atoms with Crippen LogP contribution < -0.4 is 10.5 Å². The number of hydrogen-bond donors (Lipinski definition) is 1. The van der Waals surface area contributed by atoms with Gasteiger partial charge in [-0.25, -0.2) is 9.18 Å². The molecule has 5 heteroatoms. The smallest absolute Gasteiger partial charge is 0.337 e. The van der Waals surface area contributed by atoms with Gasteiger partial charge < -0.3 is 15.2 Å². The number of carbonyl (C=O) groups excluding carboxylic acids is 1. The number of anilines is 1. The summed E-state index contributed by atoms with van der Waals surface area (Å²) in [5, 5.41) is 0. The lowest BCUT2D eigenvalue weighted by Gasteiger charge is -2.08. The lowest BCUT2D eigenvalue weighted by Crippen LogP contribution is -2.05. The van der Waals surface area contributed by atoms with Crippen molar-refractivity contribution in [2.24, 2.45) is 0 Å². The summed E-state index contributed by atoms with van der Waals surface area (Å²) in [6.07, 6.45) is 0. The van der Waals surface area contributed by atoms with Crippen molar-refractivity contribution in [2.45, 2.75) is 0 Å². The van der Waals surface area contributed by atoms with E-state index in [4.69, 9.17) is 10.5 Å². The SMILES string of the molecule is COC(=O)c1ccc(N)c(OCCF)c1. The Morgan fingerprint density at radius 2 is 2.27 bits per heavy atom. The monoisotopic (exact) mass is 213 g/mol. The molecule has 82 valence electrons. The van der Waals surface area contributed by atoms with Gasteiger partial charge >= 0.3 is 5.97 Å². The summed E-state index contributed by atoms with van der Waals surface area (Å²) in [4.78, 5) is 11.2. The second-order valence-electron chi connectivity index (χ2n) is 2.78. The Morgan fingerprint density at radius 3 is 2.87 bits per heavy atom. The third-order valence-corrected chi connectivity index (χ3v) is 1.77. The van der Waals surface area contributed by atoms with Crippen molar-refractivity contribution < 1.29 is 18.7 Å². The maximum absolute atomic E-state index is 11.9. The van der Waals surface area contributed by atoms with E-state index >= 15 is 0 Å². The topological polar surface area (TPSA) is 61.5 Å². The Labute approximate surface area is 86.8 Å².